The highest BCUT2D eigenvalue weighted by molar-refractivity contribution is 7.89. The van der Waals surface area contributed by atoms with Gasteiger partial charge in [-0.25, -0.2) is 8.42 Å². The van der Waals surface area contributed by atoms with E-state index < -0.39 is 10.0 Å². The molecule has 1 rings (SSSR count). The Labute approximate surface area is 110 Å². The predicted molar refractivity (Wildman–Crippen MR) is 73.8 cm³/mol. The number of terminal acetylenes is 1. The number of hydrogen-bond acceptors (Lipinski definition) is 2. The maximum atomic E-state index is 12.5. The Morgan fingerprint density at radius 1 is 1.33 bits per heavy atom. The van der Waals surface area contributed by atoms with Crippen molar-refractivity contribution in [3.63, 3.8) is 0 Å². The third kappa shape index (κ3) is 3.12. The fourth-order valence-corrected chi connectivity index (χ4v) is 3.51. The molecule has 0 atom stereocenters. The fraction of sp³-hybridized carbons (Fsp3) is 0.429. The number of benzene rings is 1. The SMILES string of the molecule is C#CCN(CCC)S(=O)(=O)c1ccc(C)cc1C. The zero-order chi connectivity index (χ0) is 13.8. The molecular weight excluding hydrogens is 246 g/mol. The highest BCUT2D eigenvalue weighted by Crippen LogP contribution is 2.20. The van der Waals surface area contributed by atoms with E-state index in [0.29, 0.717) is 11.4 Å². The molecule has 3 nitrogen and oxygen atoms in total. The zero-order valence-corrected chi connectivity index (χ0v) is 11.9. The van der Waals surface area contributed by atoms with Crippen LogP contribution < -0.4 is 0 Å². The van der Waals surface area contributed by atoms with Crippen LogP contribution in [0.15, 0.2) is 23.1 Å². The van der Waals surface area contributed by atoms with Crippen molar-refractivity contribution >= 4 is 10.0 Å². The molecule has 1 aromatic carbocycles. The molecule has 0 heterocycles. The molecule has 0 aromatic heterocycles. The zero-order valence-electron chi connectivity index (χ0n) is 11.1. The molecule has 0 saturated carbocycles. The Morgan fingerprint density at radius 3 is 2.50 bits per heavy atom. The van der Waals surface area contributed by atoms with Crippen LogP contribution in [0.3, 0.4) is 0 Å². The summed E-state index contributed by atoms with van der Waals surface area (Å²) in [6, 6.07) is 5.33. The first-order valence-corrected chi connectivity index (χ1v) is 7.38. The quantitative estimate of drug-likeness (QED) is 0.766. The van der Waals surface area contributed by atoms with Crippen LogP contribution in [0.25, 0.3) is 0 Å². The number of hydrogen-bond donors (Lipinski definition) is 0. The second-order valence-corrected chi connectivity index (χ2v) is 6.22. The summed E-state index contributed by atoms with van der Waals surface area (Å²) in [5, 5.41) is 0. The fourth-order valence-electron chi connectivity index (χ4n) is 1.86. The first-order valence-electron chi connectivity index (χ1n) is 5.94. The average Bonchev–Trinajstić information content (AvgIpc) is 2.28. The van der Waals surface area contributed by atoms with Gasteiger partial charge in [-0.2, -0.15) is 4.31 Å². The van der Waals surface area contributed by atoms with E-state index in [1.807, 2.05) is 19.9 Å². The standard InChI is InChI=1S/C14H19NO2S/c1-5-9-15(10-6-2)18(16,17)14-8-7-12(3)11-13(14)4/h1,7-8,11H,6,9-10H2,2-4H3. The van der Waals surface area contributed by atoms with Crippen LogP contribution in [-0.4, -0.2) is 25.8 Å². The summed E-state index contributed by atoms with van der Waals surface area (Å²) in [7, 11) is -3.48. The lowest BCUT2D eigenvalue weighted by atomic mass is 10.2. The molecule has 0 bridgehead atoms. The lowest BCUT2D eigenvalue weighted by molar-refractivity contribution is 0.445. The van der Waals surface area contributed by atoms with Gasteiger partial charge in [-0.05, 0) is 31.9 Å². The van der Waals surface area contributed by atoms with Gasteiger partial charge in [0.15, 0.2) is 0 Å². The van der Waals surface area contributed by atoms with Gasteiger partial charge in [-0.15, -0.1) is 6.42 Å². The number of sulfonamides is 1. The molecule has 0 aliphatic heterocycles. The summed E-state index contributed by atoms with van der Waals surface area (Å²) in [6.45, 7) is 6.24. The van der Waals surface area contributed by atoms with E-state index in [2.05, 4.69) is 5.92 Å². The summed E-state index contributed by atoms with van der Waals surface area (Å²) >= 11 is 0. The van der Waals surface area contributed by atoms with Gasteiger partial charge in [-0.1, -0.05) is 30.5 Å². The van der Waals surface area contributed by atoms with Crippen molar-refractivity contribution in [3.8, 4) is 12.3 Å². The molecule has 18 heavy (non-hydrogen) atoms. The van der Waals surface area contributed by atoms with E-state index >= 15 is 0 Å². The minimum absolute atomic E-state index is 0.115. The van der Waals surface area contributed by atoms with Crippen LogP contribution in [-0.2, 0) is 10.0 Å². The smallest absolute Gasteiger partial charge is 0.207 e. The van der Waals surface area contributed by atoms with E-state index in [0.717, 1.165) is 17.5 Å². The van der Waals surface area contributed by atoms with Crippen molar-refractivity contribution in [3.05, 3.63) is 29.3 Å². The Hall–Kier alpha value is -1.31. The van der Waals surface area contributed by atoms with Gasteiger partial charge in [0, 0.05) is 6.54 Å². The maximum absolute atomic E-state index is 12.5. The van der Waals surface area contributed by atoms with Gasteiger partial charge in [0.05, 0.1) is 11.4 Å². The summed E-state index contributed by atoms with van der Waals surface area (Å²) in [5.41, 5.74) is 1.80. The Morgan fingerprint density at radius 2 is 2.00 bits per heavy atom. The van der Waals surface area contributed by atoms with E-state index in [-0.39, 0.29) is 6.54 Å². The molecule has 0 amide bonds. The normalized spacial score (nSPS) is 11.5. The van der Waals surface area contributed by atoms with E-state index in [1.165, 1.54) is 4.31 Å². The summed E-state index contributed by atoms with van der Waals surface area (Å²) in [5.74, 6) is 2.41. The van der Waals surface area contributed by atoms with Crippen molar-refractivity contribution in [2.45, 2.75) is 32.1 Å². The van der Waals surface area contributed by atoms with Gasteiger partial charge in [0.25, 0.3) is 0 Å². The van der Waals surface area contributed by atoms with Crippen molar-refractivity contribution in [2.24, 2.45) is 0 Å². The first kappa shape index (κ1) is 14.7. The molecule has 1 aromatic rings. The van der Waals surface area contributed by atoms with Gasteiger partial charge in [-0.3, -0.25) is 0 Å². The molecule has 98 valence electrons. The molecule has 0 aliphatic carbocycles. The maximum Gasteiger partial charge on any atom is 0.244 e. The molecule has 0 saturated heterocycles. The average molecular weight is 265 g/mol. The molecule has 0 N–H and O–H groups in total. The van der Waals surface area contributed by atoms with Crippen molar-refractivity contribution < 1.29 is 8.42 Å². The lowest BCUT2D eigenvalue weighted by Crippen LogP contribution is -2.32. The van der Waals surface area contributed by atoms with Crippen molar-refractivity contribution in [1.82, 2.24) is 4.31 Å². The molecule has 0 aliphatic rings. The minimum Gasteiger partial charge on any atom is -0.207 e. The second-order valence-electron chi connectivity index (χ2n) is 4.31. The van der Waals surface area contributed by atoms with Crippen LogP contribution in [0.5, 0.6) is 0 Å². The number of rotatable bonds is 5. The van der Waals surface area contributed by atoms with Gasteiger partial charge in [0.2, 0.25) is 10.0 Å². The first-order chi connectivity index (χ1) is 8.43. The molecule has 0 unspecified atom stereocenters. The predicted octanol–water partition coefficient (Wildman–Crippen LogP) is 2.34. The third-order valence-electron chi connectivity index (χ3n) is 2.69. The van der Waals surface area contributed by atoms with Gasteiger partial charge in [0.1, 0.15) is 0 Å². The second kappa shape index (κ2) is 6.03. The Bertz CT molecular complexity index is 556. The van der Waals surface area contributed by atoms with Crippen molar-refractivity contribution in [1.29, 1.82) is 0 Å². The largest absolute Gasteiger partial charge is 0.244 e. The highest BCUT2D eigenvalue weighted by Gasteiger charge is 2.24. The summed E-state index contributed by atoms with van der Waals surface area (Å²) in [6.07, 6.45) is 5.98. The Kier molecular flexibility index (Phi) is 4.94. The number of nitrogens with zero attached hydrogens (tertiary/aromatic N) is 1. The van der Waals surface area contributed by atoms with Crippen LogP contribution >= 0.6 is 0 Å². The molecule has 4 heteroatoms. The van der Waals surface area contributed by atoms with E-state index in [4.69, 9.17) is 6.42 Å². The molecule has 0 fully saturated rings. The summed E-state index contributed by atoms with van der Waals surface area (Å²) in [4.78, 5) is 0.344. The van der Waals surface area contributed by atoms with Crippen LogP contribution in [0.4, 0.5) is 0 Å². The molecular formula is C14H19NO2S. The molecule has 0 radical (unpaired) electrons. The van der Waals surface area contributed by atoms with E-state index in [1.54, 1.807) is 19.1 Å². The lowest BCUT2D eigenvalue weighted by Gasteiger charge is -2.20. The topological polar surface area (TPSA) is 37.4 Å². The Balaban J connectivity index is 3.22. The number of aryl methyl sites for hydroxylation is 2. The third-order valence-corrected chi connectivity index (χ3v) is 4.69. The van der Waals surface area contributed by atoms with Crippen LogP contribution in [0.2, 0.25) is 0 Å². The van der Waals surface area contributed by atoms with Crippen molar-refractivity contribution in [2.75, 3.05) is 13.1 Å². The van der Waals surface area contributed by atoms with Crippen LogP contribution in [0.1, 0.15) is 24.5 Å². The highest BCUT2D eigenvalue weighted by atomic mass is 32.2. The molecule has 0 spiro atoms. The van der Waals surface area contributed by atoms with Crippen LogP contribution in [0, 0.1) is 26.2 Å². The summed E-state index contributed by atoms with van der Waals surface area (Å²) < 4.78 is 26.3. The minimum atomic E-state index is -3.48. The van der Waals surface area contributed by atoms with Gasteiger partial charge < -0.3 is 0 Å². The monoisotopic (exact) mass is 265 g/mol. The van der Waals surface area contributed by atoms with Gasteiger partial charge >= 0.3 is 0 Å². The van der Waals surface area contributed by atoms with E-state index in [9.17, 15) is 8.42 Å².